The Labute approximate surface area is 128 Å². The van der Waals surface area contributed by atoms with Crippen LogP contribution in [0.5, 0.6) is 5.75 Å². The van der Waals surface area contributed by atoms with Crippen LogP contribution < -0.4 is 4.74 Å². The van der Waals surface area contributed by atoms with Crippen molar-refractivity contribution >= 4 is 6.29 Å². The molecule has 0 spiro atoms. The molecule has 0 aliphatic rings. The number of nitrogens with zero attached hydrogens (tertiary/aromatic N) is 1. The summed E-state index contributed by atoms with van der Waals surface area (Å²) < 4.78 is 11.1. The van der Waals surface area contributed by atoms with Gasteiger partial charge in [0.15, 0.2) is 12.0 Å². The zero-order valence-electron chi connectivity index (χ0n) is 11.9. The molecule has 0 amide bonds. The fraction of sp³-hybridized carbons (Fsp3) is 0.111. The predicted molar refractivity (Wildman–Crippen MR) is 83.0 cm³/mol. The van der Waals surface area contributed by atoms with Crippen LogP contribution >= 0.6 is 0 Å². The number of hydrogen-bond acceptors (Lipinski definition) is 4. The normalized spacial score (nSPS) is 10.4. The number of rotatable bonds is 6. The summed E-state index contributed by atoms with van der Waals surface area (Å²) in [5, 5.41) is 0. The molecule has 0 aliphatic heterocycles. The molecule has 0 N–H and O–H groups in total. The van der Waals surface area contributed by atoms with Gasteiger partial charge in [0.25, 0.3) is 0 Å². The van der Waals surface area contributed by atoms with E-state index in [1.807, 2.05) is 42.5 Å². The third-order valence-corrected chi connectivity index (χ3v) is 3.23. The molecule has 110 valence electrons. The molecule has 4 heteroatoms. The molecule has 2 aromatic heterocycles. The first-order chi connectivity index (χ1) is 10.8. The van der Waals surface area contributed by atoms with Gasteiger partial charge in [-0.1, -0.05) is 6.07 Å². The summed E-state index contributed by atoms with van der Waals surface area (Å²) in [5.41, 5.74) is 1.92. The van der Waals surface area contributed by atoms with Crippen LogP contribution in [0, 0.1) is 0 Å². The number of carbonyl (C=O) groups excluding carboxylic acids is 1. The molecule has 0 fully saturated rings. The van der Waals surface area contributed by atoms with Crippen molar-refractivity contribution in [3.05, 3.63) is 72.2 Å². The van der Waals surface area contributed by atoms with Gasteiger partial charge < -0.3 is 9.15 Å². The summed E-state index contributed by atoms with van der Waals surface area (Å²) in [6.45, 7) is 0.576. The minimum atomic E-state index is 0.325. The second-order valence-electron chi connectivity index (χ2n) is 4.76. The van der Waals surface area contributed by atoms with Crippen LogP contribution in [0.4, 0.5) is 0 Å². The Kier molecular flexibility index (Phi) is 4.30. The minimum absolute atomic E-state index is 0.325. The lowest BCUT2D eigenvalue weighted by atomic mass is 10.2. The van der Waals surface area contributed by atoms with Crippen molar-refractivity contribution in [2.75, 3.05) is 6.61 Å². The lowest BCUT2D eigenvalue weighted by Gasteiger charge is -2.06. The summed E-state index contributed by atoms with van der Waals surface area (Å²) in [6.07, 6.45) is 3.24. The Morgan fingerprint density at radius 1 is 1.05 bits per heavy atom. The van der Waals surface area contributed by atoms with E-state index in [0.29, 0.717) is 24.4 Å². The van der Waals surface area contributed by atoms with Gasteiger partial charge in [-0.3, -0.25) is 9.78 Å². The van der Waals surface area contributed by atoms with Crippen LogP contribution in [0.15, 0.2) is 65.2 Å². The number of pyridine rings is 1. The van der Waals surface area contributed by atoms with E-state index < -0.39 is 0 Å². The molecule has 1 aromatic carbocycles. The largest absolute Gasteiger partial charge is 0.493 e. The average molecular weight is 293 g/mol. The molecule has 0 radical (unpaired) electrons. The summed E-state index contributed by atoms with van der Waals surface area (Å²) in [5.74, 6) is 1.79. The SMILES string of the molecule is O=Cc1ccc(-c2ccc(OCCc3ccccn3)cc2)o1. The van der Waals surface area contributed by atoms with Crippen LogP contribution in [0.3, 0.4) is 0 Å². The Morgan fingerprint density at radius 3 is 2.59 bits per heavy atom. The maximum absolute atomic E-state index is 10.6. The standard InChI is InChI=1S/C18H15NO3/c20-13-17-8-9-18(22-17)14-4-6-16(7-5-14)21-12-10-15-3-1-2-11-19-15/h1-9,11,13H,10,12H2. The summed E-state index contributed by atoms with van der Waals surface area (Å²) >= 11 is 0. The Balaban J connectivity index is 1.58. The van der Waals surface area contributed by atoms with Crippen molar-refractivity contribution < 1.29 is 13.9 Å². The van der Waals surface area contributed by atoms with Crippen LogP contribution in [-0.4, -0.2) is 17.9 Å². The zero-order chi connectivity index (χ0) is 15.2. The molecule has 0 saturated heterocycles. The molecule has 4 nitrogen and oxygen atoms in total. The van der Waals surface area contributed by atoms with E-state index in [9.17, 15) is 4.79 Å². The molecule has 22 heavy (non-hydrogen) atoms. The first-order valence-corrected chi connectivity index (χ1v) is 7.03. The lowest BCUT2D eigenvalue weighted by Crippen LogP contribution is -2.02. The van der Waals surface area contributed by atoms with E-state index in [1.165, 1.54) is 0 Å². The zero-order valence-corrected chi connectivity index (χ0v) is 11.9. The molecule has 3 aromatic rings. The number of hydrogen-bond donors (Lipinski definition) is 0. The van der Waals surface area contributed by atoms with Gasteiger partial charge in [-0.15, -0.1) is 0 Å². The van der Waals surface area contributed by atoms with Crippen molar-refractivity contribution in [1.29, 1.82) is 0 Å². The smallest absolute Gasteiger partial charge is 0.185 e. The number of aldehydes is 1. The van der Waals surface area contributed by atoms with Gasteiger partial charge in [0.05, 0.1) is 6.61 Å². The summed E-state index contributed by atoms with van der Waals surface area (Å²) in [7, 11) is 0. The summed E-state index contributed by atoms with van der Waals surface area (Å²) in [4.78, 5) is 14.9. The average Bonchev–Trinajstić information content (AvgIpc) is 3.06. The number of carbonyl (C=O) groups is 1. The fourth-order valence-corrected chi connectivity index (χ4v) is 2.11. The van der Waals surface area contributed by atoms with Crippen LogP contribution in [0.1, 0.15) is 16.2 Å². The van der Waals surface area contributed by atoms with Gasteiger partial charge in [-0.05, 0) is 48.5 Å². The van der Waals surface area contributed by atoms with E-state index in [0.717, 1.165) is 23.4 Å². The summed E-state index contributed by atoms with van der Waals surface area (Å²) in [6, 6.07) is 16.9. The van der Waals surface area contributed by atoms with Gasteiger partial charge in [0.1, 0.15) is 11.5 Å². The predicted octanol–water partition coefficient (Wildman–Crippen LogP) is 3.78. The van der Waals surface area contributed by atoms with Gasteiger partial charge in [-0.25, -0.2) is 0 Å². The quantitative estimate of drug-likeness (QED) is 0.649. The number of benzene rings is 1. The Bertz CT molecular complexity index is 733. The highest BCUT2D eigenvalue weighted by Crippen LogP contribution is 2.24. The lowest BCUT2D eigenvalue weighted by molar-refractivity contribution is 0.110. The van der Waals surface area contributed by atoms with Gasteiger partial charge in [-0.2, -0.15) is 0 Å². The molecule has 0 bridgehead atoms. The van der Waals surface area contributed by atoms with Gasteiger partial charge in [0.2, 0.25) is 0 Å². The highest BCUT2D eigenvalue weighted by molar-refractivity contribution is 5.72. The van der Waals surface area contributed by atoms with E-state index >= 15 is 0 Å². The number of ether oxygens (including phenoxy) is 1. The van der Waals surface area contributed by atoms with Gasteiger partial charge in [0, 0.05) is 23.9 Å². The molecular formula is C18H15NO3. The first kappa shape index (κ1) is 14.1. The van der Waals surface area contributed by atoms with Gasteiger partial charge >= 0.3 is 0 Å². The van der Waals surface area contributed by atoms with Crippen molar-refractivity contribution in [1.82, 2.24) is 4.98 Å². The molecule has 0 unspecified atom stereocenters. The maximum Gasteiger partial charge on any atom is 0.185 e. The molecular weight excluding hydrogens is 278 g/mol. The number of aromatic nitrogens is 1. The Hall–Kier alpha value is -2.88. The minimum Gasteiger partial charge on any atom is -0.493 e. The Morgan fingerprint density at radius 2 is 1.91 bits per heavy atom. The maximum atomic E-state index is 10.6. The van der Waals surface area contributed by atoms with E-state index in [1.54, 1.807) is 18.3 Å². The van der Waals surface area contributed by atoms with Crippen molar-refractivity contribution in [2.24, 2.45) is 0 Å². The molecule has 3 rings (SSSR count). The van der Waals surface area contributed by atoms with E-state index in [-0.39, 0.29) is 0 Å². The monoisotopic (exact) mass is 293 g/mol. The number of furan rings is 1. The molecule has 0 atom stereocenters. The third kappa shape index (κ3) is 3.41. The highest BCUT2D eigenvalue weighted by atomic mass is 16.5. The highest BCUT2D eigenvalue weighted by Gasteiger charge is 2.04. The van der Waals surface area contributed by atoms with Crippen LogP contribution in [-0.2, 0) is 6.42 Å². The molecule has 0 aliphatic carbocycles. The van der Waals surface area contributed by atoms with E-state index in [4.69, 9.17) is 9.15 Å². The molecule has 2 heterocycles. The molecule has 0 saturated carbocycles. The van der Waals surface area contributed by atoms with Crippen molar-refractivity contribution in [2.45, 2.75) is 6.42 Å². The van der Waals surface area contributed by atoms with Crippen molar-refractivity contribution in [3.63, 3.8) is 0 Å². The van der Waals surface area contributed by atoms with Crippen LogP contribution in [0.2, 0.25) is 0 Å². The van der Waals surface area contributed by atoms with Crippen LogP contribution in [0.25, 0.3) is 11.3 Å². The van der Waals surface area contributed by atoms with Crippen molar-refractivity contribution in [3.8, 4) is 17.1 Å². The third-order valence-electron chi connectivity index (χ3n) is 3.23. The second-order valence-corrected chi connectivity index (χ2v) is 4.76. The topological polar surface area (TPSA) is 52.3 Å². The van der Waals surface area contributed by atoms with E-state index in [2.05, 4.69) is 4.98 Å². The first-order valence-electron chi connectivity index (χ1n) is 7.03. The second kappa shape index (κ2) is 6.72. The fourth-order valence-electron chi connectivity index (χ4n) is 2.11.